The van der Waals surface area contributed by atoms with Crippen molar-refractivity contribution in [2.75, 3.05) is 34.7 Å². The molecule has 1 saturated heterocycles. The molecule has 3 nitrogen and oxygen atoms in total. The Morgan fingerprint density at radius 2 is 0.583 bits per heavy atom. The van der Waals surface area contributed by atoms with Gasteiger partial charge in [-0.05, 0) is 68.7 Å². The average Bonchev–Trinajstić information content (AvgIpc) is 2.96. The molecule has 7 rings (SSSR count). The second-order valence-corrected chi connectivity index (χ2v) is 9.64. The van der Waals surface area contributed by atoms with E-state index in [9.17, 15) is 0 Å². The van der Waals surface area contributed by atoms with Crippen molar-refractivity contribution in [3.63, 3.8) is 0 Å². The Balaban J connectivity index is 1.30. The highest BCUT2D eigenvalue weighted by molar-refractivity contribution is 5.88. The number of rotatable bonds is 3. The van der Waals surface area contributed by atoms with Crippen LogP contribution in [0.15, 0.2) is 127 Å². The molecule has 0 radical (unpaired) electrons. The van der Waals surface area contributed by atoms with Crippen molar-refractivity contribution in [3.05, 3.63) is 127 Å². The number of hydrogen-bond acceptors (Lipinski definition) is 3. The molecule has 0 atom stereocenters. The summed E-state index contributed by atoms with van der Waals surface area (Å²) >= 11 is 0. The summed E-state index contributed by atoms with van der Waals surface area (Å²) in [6.45, 7) is 2.50. The topological polar surface area (TPSA) is 9.72 Å². The van der Waals surface area contributed by atoms with E-state index in [0.717, 1.165) is 20.0 Å². The van der Waals surface area contributed by atoms with Crippen molar-refractivity contribution in [2.24, 2.45) is 0 Å². The van der Waals surface area contributed by atoms with Gasteiger partial charge in [-0.2, -0.15) is 0 Å². The van der Waals surface area contributed by atoms with Gasteiger partial charge >= 0.3 is 0 Å². The summed E-state index contributed by atoms with van der Waals surface area (Å²) < 4.78 is 0. The van der Waals surface area contributed by atoms with Crippen molar-refractivity contribution in [1.29, 1.82) is 0 Å². The van der Waals surface area contributed by atoms with E-state index in [0.29, 0.717) is 0 Å². The molecule has 1 aliphatic rings. The Morgan fingerprint density at radius 3 is 0.889 bits per heavy atom. The molecule has 0 unspecified atom stereocenters. The summed E-state index contributed by atoms with van der Waals surface area (Å²) in [4.78, 5) is 7.42. The minimum Gasteiger partial charge on any atom is -0.336 e. The molecular weight excluding hydrogens is 438 g/mol. The molecule has 6 aromatic rings. The van der Waals surface area contributed by atoms with Crippen LogP contribution in [0.5, 0.6) is 0 Å². The zero-order valence-corrected chi connectivity index (χ0v) is 20.1. The molecule has 0 N–H and O–H groups in total. The van der Waals surface area contributed by atoms with Crippen LogP contribution in [-0.2, 0) is 0 Å². The van der Waals surface area contributed by atoms with E-state index in [2.05, 4.69) is 142 Å². The molecule has 3 heteroatoms. The maximum absolute atomic E-state index is 2.47. The predicted octanol–water partition coefficient (Wildman–Crippen LogP) is 7.85. The third-order valence-electron chi connectivity index (χ3n) is 7.32. The van der Waals surface area contributed by atoms with Gasteiger partial charge in [-0.25, -0.2) is 0 Å². The van der Waals surface area contributed by atoms with E-state index < -0.39 is 0 Å². The summed E-state index contributed by atoms with van der Waals surface area (Å²) in [5.41, 5.74) is 3.72. The van der Waals surface area contributed by atoms with Gasteiger partial charge in [0.2, 0.25) is 0 Å². The summed E-state index contributed by atoms with van der Waals surface area (Å²) in [7, 11) is 0. The average molecular weight is 466 g/mol. The molecule has 36 heavy (non-hydrogen) atoms. The van der Waals surface area contributed by atoms with Gasteiger partial charge in [-0.15, -0.1) is 0 Å². The third kappa shape index (κ3) is 3.79. The molecule has 6 aromatic carbocycles. The normalized spacial score (nSPS) is 14.2. The van der Waals surface area contributed by atoms with Crippen molar-refractivity contribution >= 4 is 49.4 Å². The molecule has 1 fully saturated rings. The number of anilines is 3. The quantitative estimate of drug-likeness (QED) is 0.263. The van der Waals surface area contributed by atoms with Crippen LogP contribution < -0.4 is 14.7 Å². The fraction of sp³-hybridized carbons (Fsp3) is 0.0909. The van der Waals surface area contributed by atoms with Crippen molar-refractivity contribution in [2.45, 2.75) is 0 Å². The van der Waals surface area contributed by atoms with Gasteiger partial charge < -0.3 is 14.7 Å². The first-order valence-corrected chi connectivity index (χ1v) is 12.5. The van der Waals surface area contributed by atoms with Crippen LogP contribution in [0.1, 0.15) is 0 Å². The highest BCUT2D eigenvalue weighted by Crippen LogP contribution is 2.31. The lowest BCUT2D eigenvalue weighted by Crippen LogP contribution is -2.55. The first-order valence-electron chi connectivity index (χ1n) is 12.5. The second-order valence-electron chi connectivity index (χ2n) is 9.64. The number of fused-ring (bicyclic) bond motifs is 3. The molecule has 0 amide bonds. The first kappa shape index (κ1) is 20.8. The zero-order chi connectivity index (χ0) is 23.9. The summed E-state index contributed by atoms with van der Waals surface area (Å²) in [6, 6.07) is 46.2. The maximum Gasteiger partial charge on any atom is 0.0937 e. The minimum absolute atomic E-state index is 0.834. The number of hydrogen-bond donors (Lipinski definition) is 0. The molecule has 0 aliphatic carbocycles. The van der Waals surface area contributed by atoms with E-state index in [1.165, 1.54) is 49.4 Å². The van der Waals surface area contributed by atoms with E-state index in [-0.39, 0.29) is 0 Å². The van der Waals surface area contributed by atoms with Gasteiger partial charge in [-0.1, -0.05) is 91.0 Å². The van der Waals surface area contributed by atoms with Crippen LogP contribution in [0.4, 0.5) is 17.1 Å². The number of nitrogens with zero attached hydrogens (tertiary/aromatic N) is 3. The van der Waals surface area contributed by atoms with Crippen LogP contribution >= 0.6 is 0 Å². The third-order valence-corrected chi connectivity index (χ3v) is 7.32. The first-order chi connectivity index (χ1) is 17.8. The lowest BCUT2D eigenvalue weighted by atomic mass is 10.1. The zero-order valence-electron chi connectivity index (χ0n) is 20.1. The van der Waals surface area contributed by atoms with E-state index in [1.807, 2.05) is 0 Å². The standard InChI is InChI=1S/C33H27N3/c1-4-10-28-19-31(16-13-25(28)7-1)34-22-35(32-17-14-26-8-2-5-11-29(26)20-32)24-36(23-34)33-18-15-27-9-3-6-12-30(27)21-33/h1-21H,22-24H2. The van der Waals surface area contributed by atoms with Crippen molar-refractivity contribution < 1.29 is 0 Å². The fourth-order valence-electron chi connectivity index (χ4n) is 5.36. The van der Waals surface area contributed by atoms with Crippen molar-refractivity contribution in [1.82, 2.24) is 0 Å². The van der Waals surface area contributed by atoms with Crippen LogP contribution in [0.2, 0.25) is 0 Å². The van der Waals surface area contributed by atoms with Gasteiger partial charge in [0.15, 0.2) is 0 Å². The molecular formula is C33H27N3. The fourth-order valence-corrected chi connectivity index (χ4v) is 5.36. The summed E-state index contributed by atoms with van der Waals surface area (Å²) in [6.07, 6.45) is 0. The second kappa shape index (κ2) is 8.62. The Labute approximate surface area is 211 Å². The van der Waals surface area contributed by atoms with Crippen LogP contribution in [-0.4, -0.2) is 20.0 Å². The number of benzene rings is 6. The Kier molecular flexibility index (Phi) is 4.99. The van der Waals surface area contributed by atoms with Gasteiger partial charge in [0, 0.05) is 17.1 Å². The summed E-state index contributed by atoms with van der Waals surface area (Å²) in [5.74, 6) is 0. The monoisotopic (exact) mass is 465 g/mol. The van der Waals surface area contributed by atoms with Gasteiger partial charge in [0.05, 0.1) is 20.0 Å². The molecule has 0 spiro atoms. The van der Waals surface area contributed by atoms with Crippen LogP contribution in [0.25, 0.3) is 32.3 Å². The summed E-state index contributed by atoms with van der Waals surface area (Å²) in [5, 5.41) is 7.64. The van der Waals surface area contributed by atoms with Gasteiger partial charge in [0.25, 0.3) is 0 Å². The molecule has 0 aromatic heterocycles. The molecule has 1 heterocycles. The van der Waals surface area contributed by atoms with Gasteiger partial charge in [0.1, 0.15) is 0 Å². The highest BCUT2D eigenvalue weighted by Gasteiger charge is 2.25. The Bertz CT molecular complexity index is 1500. The lowest BCUT2D eigenvalue weighted by molar-refractivity contribution is 0.611. The Hall–Kier alpha value is -4.50. The van der Waals surface area contributed by atoms with E-state index >= 15 is 0 Å². The molecule has 0 bridgehead atoms. The van der Waals surface area contributed by atoms with Crippen molar-refractivity contribution in [3.8, 4) is 0 Å². The van der Waals surface area contributed by atoms with Gasteiger partial charge in [-0.3, -0.25) is 0 Å². The molecule has 1 aliphatic heterocycles. The maximum atomic E-state index is 2.47. The van der Waals surface area contributed by atoms with Crippen LogP contribution in [0, 0.1) is 0 Å². The Morgan fingerprint density at radius 1 is 0.306 bits per heavy atom. The lowest BCUT2D eigenvalue weighted by Gasteiger charge is -2.45. The minimum atomic E-state index is 0.834. The van der Waals surface area contributed by atoms with E-state index in [4.69, 9.17) is 0 Å². The smallest absolute Gasteiger partial charge is 0.0937 e. The van der Waals surface area contributed by atoms with E-state index in [1.54, 1.807) is 0 Å². The SMILES string of the molecule is c1ccc2cc(N3CN(c4ccc5ccccc5c4)CN(c4ccc5ccccc5c4)C3)ccc2c1. The van der Waals surface area contributed by atoms with Crippen LogP contribution in [0.3, 0.4) is 0 Å². The molecule has 0 saturated carbocycles. The molecule has 174 valence electrons. The predicted molar refractivity (Wildman–Crippen MR) is 154 cm³/mol. The largest absolute Gasteiger partial charge is 0.336 e. The highest BCUT2D eigenvalue weighted by atomic mass is 15.5.